The summed E-state index contributed by atoms with van der Waals surface area (Å²) < 4.78 is 1.32. The third kappa shape index (κ3) is 3.48. The molecule has 7 heteroatoms. The van der Waals surface area contributed by atoms with Crippen LogP contribution in [0.15, 0.2) is 76.0 Å². The molecule has 0 atom stereocenters. The minimum atomic E-state index is -0.631. The highest BCUT2D eigenvalue weighted by Gasteiger charge is 2.16. The van der Waals surface area contributed by atoms with Gasteiger partial charge in [-0.3, -0.25) is 14.2 Å². The molecule has 0 radical (unpaired) electrons. The number of rotatable bonds is 4. The van der Waals surface area contributed by atoms with Crippen LogP contribution in [0.3, 0.4) is 0 Å². The second kappa shape index (κ2) is 7.81. The van der Waals surface area contributed by atoms with E-state index >= 15 is 0 Å². The molecule has 144 valence electrons. The average molecular weight is 403 g/mol. The number of hydrogen-bond acceptors (Lipinski definition) is 6. The number of hydrogen-bond donors (Lipinski definition) is 1. The summed E-state index contributed by atoms with van der Waals surface area (Å²) in [5.41, 5.74) is 1.69. The fourth-order valence-electron chi connectivity index (χ4n) is 3.27. The third-order valence-electron chi connectivity index (χ3n) is 4.66. The van der Waals surface area contributed by atoms with Gasteiger partial charge >= 0.3 is 0 Å². The van der Waals surface area contributed by atoms with Gasteiger partial charge in [-0.15, -0.1) is 11.3 Å². The third-order valence-corrected chi connectivity index (χ3v) is 5.72. The lowest BCUT2D eigenvalue weighted by Gasteiger charge is -2.07. The number of carbonyl (C=O) groups is 1. The van der Waals surface area contributed by atoms with E-state index in [1.165, 1.54) is 15.9 Å². The zero-order chi connectivity index (χ0) is 20.4. The van der Waals surface area contributed by atoms with Crippen LogP contribution in [0.25, 0.3) is 22.2 Å². The van der Waals surface area contributed by atoms with Crippen molar-refractivity contribution in [3.05, 3.63) is 92.3 Å². The van der Waals surface area contributed by atoms with Crippen LogP contribution < -0.4 is 11.0 Å². The van der Waals surface area contributed by atoms with Crippen LogP contribution in [-0.4, -0.2) is 20.5 Å². The van der Waals surface area contributed by atoms with E-state index in [2.05, 4.69) is 10.1 Å². The Kier molecular flexibility index (Phi) is 5.05. The Morgan fingerprint density at radius 1 is 1.10 bits per heavy atom. The van der Waals surface area contributed by atoms with Gasteiger partial charge < -0.3 is 5.21 Å². The molecule has 0 spiro atoms. The van der Waals surface area contributed by atoms with Crippen LogP contribution >= 0.6 is 11.3 Å². The number of nitrogens with zero attached hydrogens (tertiary/aromatic N) is 3. The lowest BCUT2D eigenvalue weighted by molar-refractivity contribution is 0.0975. The molecule has 0 fully saturated rings. The van der Waals surface area contributed by atoms with Gasteiger partial charge in [-0.2, -0.15) is 0 Å². The summed E-state index contributed by atoms with van der Waals surface area (Å²) in [6.45, 7) is 1.69. The number of fused-ring (bicyclic) bond motifs is 1. The Morgan fingerprint density at radius 2 is 1.83 bits per heavy atom. The molecule has 0 aliphatic rings. The van der Waals surface area contributed by atoms with Crippen molar-refractivity contribution in [2.75, 3.05) is 0 Å². The standard InChI is InChI=1S/C22H17N3O3S/c1-14-11-12-29-20(14)18(26)13-25-17-10-6-5-9-16(17)19(15-7-3-2-4-8-15)23-21(24-28)22(25)27/h2-12,28H,13H2,1H3. The number of aryl methyl sites for hydroxylation is 1. The molecule has 0 saturated heterocycles. The van der Waals surface area contributed by atoms with Crippen molar-refractivity contribution < 1.29 is 10.0 Å². The largest absolute Gasteiger partial charge is 0.409 e. The highest BCUT2D eigenvalue weighted by atomic mass is 32.1. The molecular formula is C22H17N3O3S. The number of carbonyl (C=O) groups excluding carboxylic acids is 1. The van der Waals surface area contributed by atoms with Crippen LogP contribution in [0, 0.1) is 6.92 Å². The molecule has 1 N–H and O–H groups in total. The Balaban J connectivity index is 2.04. The minimum absolute atomic E-state index is 0.173. The van der Waals surface area contributed by atoms with Gasteiger partial charge in [0.25, 0.3) is 11.0 Å². The van der Waals surface area contributed by atoms with Crippen molar-refractivity contribution >= 4 is 28.0 Å². The Labute approximate surface area is 170 Å². The van der Waals surface area contributed by atoms with Crippen molar-refractivity contribution in [2.24, 2.45) is 5.16 Å². The summed E-state index contributed by atoms with van der Waals surface area (Å²) in [5.74, 6) is -0.180. The molecule has 0 amide bonds. The van der Waals surface area contributed by atoms with Gasteiger partial charge in [0.15, 0.2) is 5.78 Å². The van der Waals surface area contributed by atoms with E-state index < -0.39 is 5.56 Å². The quantitative estimate of drug-likeness (QED) is 0.320. The van der Waals surface area contributed by atoms with E-state index in [1.54, 1.807) is 12.1 Å². The number of benzene rings is 2. The van der Waals surface area contributed by atoms with Gasteiger partial charge in [-0.1, -0.05) is 53.7 Å². The SMILES string of the molecule is Cc1ccsc1C(=O)Cn1c(=O)c(=NO)nc(-c2ccccc2)c2ccccc21. The predicted molar refractivity (Wildman–Crippen MR) is 112 cm³/mol. The highest BCUT2D eigenvalue weighted by Crippen LogP contribution is 2.24. The summed E-state index contributed by atoms with van der Waals surface area (Å²) in [6.07, 6.45) is 0. The number of thiophene rings is 1. The second-order valence-electron chi connectivity index (χ2n) is 6.51. The first kappa shape index (κ1) is 18.8. The van der Waals surface area contributed by atoms with Crippen LogP contribution in [0.5, 0.6) is 0 Å². The molecule has 2 aromatic heterocycles. The van der Waals surface area contributed by atoms with Crippen molar-refractivity contribution in [2.45, 2.75) is 13.5 Å². The predicted octanol–water partition coefficient (Wildman–Crippen LogP) is 3.61. The van der Waals surface area contributed by atoms with Crippen molar-refractivity contribution in [1.82, 2.24) is 9.55 Å². The number of ketones is 1. The van der Waals surface area contributed by atoms with Gasteiger partial charge in [0.2, 0.25) is 0 Å². The zero-order valence-electron chi connectivity index (χ0n) is 15.6. The number of aromatic nitrogens is 2. The maximum absolute atomic E-state index is 13.1. The second-order valence-corrected chi connectivity index (χ2v) is 7.43. The van der Waals surface area contributed by atoms with Crippen molar-refractivity contribution in [3.63, 3.8) is 0 Å². The molecule has 2 aromatic carbocycles. The van der Waals surface area contributed by atoms with E-state index in [1.807, 2.05) is 60.8 Å². The van der Waals surface area contributed by atoms with E-state index in [0.29, 0.717) is 21.5 Å². The first-order valence-electron chi connectivity index (χ1n) is 8.95. The number of para-hydroxylation sites is 1. The normalized spacial score (nSPS) is 11.7. The Morgan fingerprint density at radius 3 is 2.52 bits per heavy atom. The molecular weight excluding hydrogens is 386 g/mol. The lowest BCUT2D eigenvalue weighted by atomic mass is 10.1. The van der Waals surface area contributed by atoms with E-state index in [4.69, 9.17) is 0 Å². The fourth-order valence-corrected chi connectivity index (χ4v) is 4.12. The summed E-state index contributed by atoms with van der Waals surface area (Å²) in [4.78, 5) is 30.9. The van der Waals surface area contributed by atoms with Crippen LogP contribution in [-0.2, 0) is 6.54 Å². The molecule has 0 aliphatic heterocycles. The fraction of sp³-hybridized carbons (Fsp3) is 0.0909. The van der Waals surface area contributed by atoms with Gasteiger partial charge in [-0.05, 0) is 30.0 Å². The van der Waals surface area contributed by atoms with E-state index in [9.17, 15) is 14.8 Å². The van der Waals surface area contributed by atoms with Crippen LogP contribution in [0.2, 0.25) is 0 Å². The molecule has 0 saturated carbocycles. The van der Waals surface area contributed by atoms with Crippen molar-refractivity contribution in [1.29, 1.82) is 0 Å². The smallest absolute Gasteiger partial charge is 0.299 e. The summed E-state index contributed by atoms with van der Waals surface area (Å²) in [5, 5.41) is 15.1. The molecule has 4 aromatic rings. The summed E-state index contributed by atoms with van der Waals surface area (Å²) in [6, 6.07) is 18.4. The summed E-state index contributed by atoms with van der Waals surface area (Å²) >= 11 is 1.34. The van der Waals surface area contributed by atoms with Gasteiger partial charge in [0, 0.05) is 10.9 Å². The molecule has 0 aliphatic carbocycles. The highest BCUT2D eigenvalue weighted by molar-refractivity contribution is 7.12. The summed E-state index contributed by atoms with van der Waals surface area (Å²) in [7, 11) is 0. The van der Waals surface area contributed by atoms with Gasteiger partial charge in [0.1, 0.15) is 0 Å². The molecule has 0 unspecified atom stereocenters. The minimum Gasteiger partial charge on any atom is -0.409 e. The van der Waals surface area contributed by atoms with Crippen LogP contribution in [0.1, 0.15) is 15.2 Å². The average Bonchev–Trinajstić information content (AvgIpc) is 3.14. The maximum atomic E-state index is 13.1. The van der Waals surface area contributed by atoms with E-state index in [0.717, 1.165) is 11.1 Å². The number of Topliss-reactive ketones (excluding diaryl/α,β-unsaturated/α-hetero) is 1. The molecule has 2 heterocycles. The topological polar surface area (TPSA) is 84.5 Å². The lowest BCUT2D eigenvalue weighted by Crippen LogP contribution is -2.36. The van der Waals surface area contributed by atoms with Gasteiger partial charge in [-0.25, -0.2) is 4.98 Å². The zero-order valence-corrected chi connectivity index (χ0v) is 16.4. The first-order valence-corrected chi connectivity index (χ1v) is 9.83. The Bertz CT molecular complexity index is 1340. The molecule has 29 heavy (non-hydrogen) atoms. The molecule has 0 bridgehead atoms. The van der Waals surface area contributed by atoms with Crippen molar-refractivity contribution in [3.8, 4) is 11.3 Å². The van der Waals surface area contributed by atoms with Gasteiger partial charge in [0.05, 0.1) is 22.6 Å². The molecule has 6 nitrogen and oxygen atoms in total. The van der Waals surface area contributed by atoms with Crippen LogP contribution in [0.4, 0.5) is 0 Å². The Hall–Kier alpha value is -3.58. The van der Waals surface area contributed by atoms with E-state index in [-0.39, 0.29) is 17.8 Å². The monoisotopic (exact) mass is 403 g/mol. The molecule has 4 rings (SSSR count). The maximum Gasteiger partial charge on any atom is 0.299 e. The first-order chi connectivity index (χ1) is 14.1.